The fourth-order valence-corrected chi connectivity index (χ4v) is 2.08. The molecule has 0 bridgehead atoms. The maximum atomic E-state index is 10.1. The summed E-state index contributed by atoms with van der Waals surface area (Å²) in [5.41, 5.74) is 0.0674. The maximum absolute atomic E-state index is 10.1. The van der Waals surface area contributed by atoms with Crippen LogP contribution in [0.4, 0.5) is 0 Å². The number of hydrogen-bond donors (Lipinski definition) is 1. The second-order valence-electron chi connectivity index (χ2n) is 5.52. The summed E-state index contributed by atoms with van der Waals surface area (Å²) < 4.78 is 0. The van der Waals surface area contributed by atoms with Crippen molar-refractivity contribution >= 4 is 43.7 Å². The molecule has 1 aromatic rings. The van der Waals surface area contributed by atoms with E-state index < -0.39 is 5.97 Å². The fourth-order valence-electron chi connectivity index (χ4n) is 2.08. The molecule has 0 radical (unpaired) electrons. The standard InChI is InChI=1S/C12H25.C7H6O3.Ca/c1-3-5-7-9-11-12-10-8-6-4-2;8-6-3-1-5(2-4-6)7(9)10;/h1,3-12H2,2H3;1-4,8H,(H,9,10);/q-1;;+2/p-1. The third kappa shape index (κ3) is 16.4. The van der Waals surface area contributed by atoms with E-state index in [-0.39, 0.29) is 49.1 Å². The van der Waals surface area contributed by atoms with Gasteiger partial charge in [0.2, 0.25) is 0 Å². The van der Waals surface area contributed by atoms with Crippen LogP contribution >= 0.6 is 0 Å². The molecule has 0 aliphatic carbocycles. The number of carboxylic acids is 1. The molecule has 23 heavy (non-hydrogen) atoms. The second kappa shape index (κ2) is 18.1. The van der Waals surface area contributed by atoms with E-state index in [4.69, 9.17) is 5.11 Å². The van der Waals surface area contributed by atoms with Crippen LogP contribution in [0.2, 0.25) is 0 Å². The van der Waals surface area contributed by atoms with Gasteiger partial charge >= 0.3 is 37.7 Å². The summed E-state index contributed by atoms with van der Waals surface area (Å²) >= 11 is 0. The number of aromatic carboxylic acids is 1. The average molecular weight is 347 g/mol. The Balaban J connectivity index is 0. The molecule has 4 heteroatoms. The number of unbranched alkanes of at least 4 members (excludes halogenated alkanes) is 9. The normalized spacial score (nSPS) is 9.48. The summed E-state index contributed by atoms with van der Waals surface area (Å²) in [6.45, 7) is 6.12. The summed E-state index contributed by atoms with van der Waals surface area (Å²) in [4.78, 5) is 10.1. The molecule has 0 aliphatic heterocycles. The van der Waals surface area contributed by atoms with Gasteiger partial charge < -0.3 is 21.9 Å². The van der Waals surface area contributed by atoms with Crippen molar-refractivity contribution in [2.45, 2.75) is 71.1 Å². The fraction of sp³-hybridized carbons (Fsp3) is 0.579. The molecule has 3 nitrogen and oxygen atoms in total. The first-order valence-electron chi connectivity index (χ1n) is 8.41. The zero-order chi connectivity index (χ0) is 16.6. The van der Waals surface area contributed by atoms with Crippen molar-refractivity contribution in [2.24, 2.45) is 0 Å². The molecule has 0 aromatic heterocycles. The number of rotatable bonds is 10. The van der Waals surface area contributed by atoms with Gasteiger partial charge in [0, 0.05) is 0 Å². The van der Waals surface area contributed by atoms with Crippen molar-refractivity contribution in [1.29, 1.82) is 0 Å². The summed E-state index contributed by atoms with van der Waals surface area (Å²) in [5.74, 6) is -1.19. The van der Waals surface area contributed by atoms with Crippen LogP contribution < -0.4 is 5.11 Å². The van der Waals surface area contributed by atoms with Crippen LogP contribution in [0.5, 0.6) is 5.75 Å². The number of hydrogen-bond acceptors (Lipinski definition) is 3. The quantitative estimate of drug-likeness (QED) is 0.394. The molecule has 0 amide bonds. The van der Waals surface area contributed by atoms with Gasteiger partial charge in [0.25, 0.3) is 0 Å². The minimum atomic E-state index is -1.24. The first-order chi connectivity index (χ1) is 10.6. The van der Waals surface area contributed by atoms with Crippen LogP contribution in [0.15, 0.2) is 24.3 Å². The number of aromatic hydroxyl groups is 1. The average Bonchev–Trinajstić information content (AvgIpc) is 2.51. The smallest absolute Gasteiger partial charge is 0.545 e. The van der Waals surface area contributed by atoms with E-state index in [0.29, 0.717) is 0 Å². The van der Waals surface area contributed by atoms with Gasteiger partial charge in [-0.15, -0.1) is 0 Å². The Bertz CT molecular complexity index is 367. The predicted molar refractivity (Wildman–Crippen MR) is 95.4 cm³/mol. The van der Waals surface area contributed by atoms with Crippen molar-refractivity contribution in [3.05, 3.63) is 36.8 Å². The van der Waals surface area contributed by atoms with E-state index in [0.717, 1.165) is 6.42 Å². The predicted octanol–water partition coefficient (Wildman–Crippen LogP) is 4.12. The van der Waals surface area contributed by atoms with Gasteiger partial charge in [0.05, 0.1) is 5.97 Å². The van der Waals surface area contributed by atoms with Gasteiger partial charge in [0.15, 0.2) is 0 Å². The van der Waals surface area contributed by atoms with Crippen LogP contribution in [0.1, 0.15) is 81.5 Å². The van der Waals surface area contributed by atoms with E-state index in [2.05, 4.69) is 13.8 Å². The zero-order valence-electron chi connectivity index (χ0n) is 14.6. The number of benzene rings is 1. The molecule has 0 aliphatic rings. The van der Waals surface area contributed by atoms with Crippen molar-refractivity contribution in [1.82, 2.24) is 0 Å². The molecular weight excluding hydrogens is 316 g/mol. The van der Waals surface area contributed by atoms with Crippen molar-refractivity contribution in [3.63, 3.8) is 0 Å². The zero-order valence-corrected chi connectivity index (χ0v) is 16.8. The molecule has 0 heterocycles. The van der Waals surface area contributed by atoms with Crippen LogP contribution in [0, 0.1) is 6.92 Å². The number of phenolic OH excluding ortho intramolecular Hbond substituents is 1. The third-order valence-corrected chi connectivity index (χ3v) is 3.46. The Hall–Kier alpha value is -0.250. The molecule has 0 fully saturated rings. The SMILES string of the molecule is O=C([O-])c1ccc(O)cc1.[CH2-]CCCCCCCCCCC.[Ca+2]. The largest absolute Gasteiger partial charge is 2.00 e. The second-order valence-corrected chi connectivity index (χ2v) is 5.52. The minimum absolute atomic E-state index is 0. The molecule has 0 atom stereocenters. The van der Waals surface area contributed by atoms with Crippen LogP contribution in [0.25, 0.3) is 0 Å². The molecule has 126 valence electrons. The van der Waals surface area contributed by atoms with Crippen molar-refractivity contribution in [3.8, 4) is 5.75 Å². The van der Waals surface area contributed by atoms with Gasteiger partial charge in [-0.2, -0.15) is 6.42 Å². The number of carbonyl (C=O) groups excluding carboxylic acids is 1. The molecule has 1 aromatic carbocycles. The maximum Gasteiger partial charge on any atom is 2.00 e. The van der Waals surface area contributed by atoms with E-state index in [1.807, 2.05) is 0 Å². The van der Waals surface area contributed by atoms with Crippen LogP contribution in [-0.2, 0) is 0 Å². The molecule has 0 saturated carbocycles. The topological polar surface area (TPSA) is 60.4 Å². The minimum Gasteiger partial charge on any atom is -0.545 e. The molecule has 1 N–H and O–H groups in total. The number of carboxylic acid groups (broad SMARTS) is 1. The first kappa shape index (κ1) is 25.0. The van der Waals surface area contributed by atoms with Crippen LogP contribution in [-0.4, -0.2) is 48.8 Å². The van der Waals surface area contributed by atoms with E-state index in [1.165, 1.54) is 82.1 Å². The summed E-state index contributed by atoms with van der Waals surface area (Å²) in [5, 5.41) is 18.8. The summed E-state index contributed by atoms with van der Waals surface area (Å²) in [7, 11) is 0. The van der Waals surface area contributed by atoms with Gasteiger partial charge in [-0.3, -0.25) is 0 Å². The monoisotopic (exact) mass is 346 g/mol. The number of carbonyl (C=O) groups is 1. The molecular formula is C19H30CaO3. The van der Waals surface area contributed by atoms with Gasteiger partial charge in [-0.05, 0) is 29.8 Å². The molecule has 0 unspecified atom stereocenters. The van der Waals surface area contributed by atoms with Gasteiger partial charge in [-0.25, -0.2) is 0 Å². The molecule has 0 spiro atoms. The summed E-state index contributed by atoms with van der Waals surface area (Å²) in [6, 6.07) is 5.16. The van der Waals surface area contributed by atoms with E-state index in [9.17, 15) is 9.90 Å². The van der Waals surface area contributed by atoms with Crippen molar-refractivity contribution in [2.75, 3.05) is 0 Å². The Labute approximate surface area is 171 Å². The van der Waals surface area contributed by atoms with Crippen molar-refractivity contribution < 1.29 is 15.0 Å². The molecule has 1 rings (SSSR count). The van der Waals surface area contributed by atoms with Gasteiger partial charge in [-0.1, -0.05) is 64.7 Å². The number of phenols is 1. The summed E-state index contributed by atoms with van der Waals surface area (Å²) in [6.07, 6.45) is 13.9. The Kier molecular flexibility index (Phi) is 19.7. The van der Waals surface area contributed by atoms with Gasteiger partial charge in [0.1, 0.15) is 5.75 Å². The Morgan fingerprint density at radius 2 is 1.39 bits per heavy atom. The van der Waals surface area contributed by atoms with E-state index >= 15 is 0 Å². The Morgan fingerprint density at radius 1 is 0.957 bits per heavy atom. The van der Waals surface area contributed by atoms with E-state index in [1.54, 1.807) is 0 Å². The first-order valence-corrected chi connectivity index (χ1v) is 8.41. The third-order valence-electron chi connectivity index (χ3n) is 3.46. The van der Waals surface area contributed by atoms with Crippen LogP contribution in [0.3, 0.4) is 0 Å². The Morgan fingerprint density at radius 3 is 1.78 bits per heavy atom. The molecule has 0 saturated heterocycles.